The zero-order valence-electron chi connectivity index (χ0n) is 16.1. The quantitative estimate of drug-likeness (QED) is 0.479. The Labute approximate surface area is 171 Å². The van der Waals surface area contributed by atoms with E-state index in [1.165, 1.54) is 17.1 Å². The topological polar surface area (TPSA) is 150 Å². The van der Waals surface area contributed by atoms with Crippen LogP contribution in [0, 0.1) is 5.82 Å². The van der Waals surface area contributed by atoms with Crippen LogP contribution < -0.4 is 22.1 Å². The summed E-state index contributed by atoms with van der Waals surface area (Å²) < 4.78 is 16.1. The van der Waals surface area contributed by atoms with Gasteiger partial charge in [-0.3, -0.25) is 4.79 Å². The molecule has 1 saturated carbocycles. The van der Waals surface area contributed by atoms with E-state index in [9.17, 15) is 9.18 Å². The van der Waals surface area contributed by atoms with Gasteiger partial charge in [0, 0.05) is 24.5 Å². The number of nitrogens with two attached hydrogens (primary N) is 2. The summed E-state index contributed by atoms with van der Waals surface area (Å²) in [5, 5.41) is 10.1. The second-order valence-electron chi connectivity index (χ2n) is 7.13. The number of amides is 1. The molecule has 1 unspecified atom stereocenters. The third kappa shape index (κ3) is 4.20. The molecule has 3 aromatic rings. The molecule has 0 aromatic carbocycles. The number of carbonyl (C=O) groups is 1. The lowest BCUT2D eigenvalue weighted by molar-refractivity contribution is 0.100. The predicted octanol–water partition coefficient (Wildman–Crippen LogP) is 1.72. The van der Waals surface area contributed by atoms with Gasteiger partial charge < -0.3 is 22.1 Å². The van der Waals surface area contributed by atoms with Gasteiger partial charge in [0.2, 0.25) is 0 Å². The van der Waals surface area contributed by atoms with Gasteiger partial charge in [-0.15, -0.1) is 0 Å². The minimum atomic E-state index is -0.807. The molecule has 6 N–H and O–H groups in total. The number of primary amides is 1. The second kappa shape index (κ2) is 8.41. The molecule has 156 valence electrons. The maximum Gasteiger partial charge on any atom is 0.252 e. The molecule has 2 atom stereocenters. The standard InChI is InChI=1S/C19H22FN9O/c20-13-8-12(16(22)30)17(28-18(13)27-15-5-2-1-4-14(15)21)26-11-9-23-19(24-10-11)29-7-3-6-25-29/h3,6-10,14-15H,1-2,4-5,21H2,(H2,22,30)(H2,26,27,28)/t14-,15?/m0/s1. The van der Waals surface area contributed by atoms with Crippen molar-refractivity contribution in [1.82, 2.24) is 24.7 Å². The fourth-order valence-electron chi connectivity index (χ4n) is 3.42. The third-order valence-corrected chi connectivity index (χ3v) is 4.99. The Bertz CT molecular complexity index is 1020. The maximum atomic E-state index is 14.6. The van der Waals surface area contributed by atoms with Crippen LogP contribution in [0.5, 0.6) is 0 Å². The fourth-order valence-corrected chi connectivity index (χ4v) is 3.42. The monoisotopic (exact) mass is 411 g/mol. The number of nitrogens with zero attached hydrogens (tertiary/aromatic N) is 5. The average Bonchev–Trinajstić information content (AvgIpc) is 3.27. The summed E-state index contributed by atoms with van der Waals surface area (Å²) in [6.45, 7) is 0. The van der Waals surface area contributed by atoms with E-state index in [2.05, 4.69) is 30.7 Å². The molecule has 3 heterocycles. The Morgan fingerprint density at radius 3 is 2.63 bits per heavy atom. The van der Waals surface area contributed by atoms with Crippen LogP contribution in [0.3, 0.4) is 0 Å². The molecule has 1 aliphatic rings. The van der Waals surface area contributed by atoms with Crippen LogP contribution in [0.25, 0.3) is 5.95 Å². The molecular weight excluding hydrogens is 389 g/mol. The minimum Gasteiger partial charge on any atom is -0.365 e. The molecule has 0 saturated heterocycles. The molecular formula is C19H22FN9O. The highest BCUT2D eigenvalue weighted by atomic mass is 19.1. The number of hydrogen-bond acceptors (Lipinski definition) is 8. The summed E-state index contributed by atoms with van der Waals surface area (Å²) >= 11 is 0. The maximum absolute atomic E-state index is 14.6. The molecule has 0 radical (unpaired) electrons. The van der Waals surface area contributed by atoms with E-state index in [1.54, 1.807) is 18.5 Å². The number of anilines is 3. The number of hydrogen-bond donors (Lipinski definition) is 4. The fraction of sp³-hybridized carbons (Fsp3) is 0.316. The molecule has 10 nitrogen and oxygen atoms in total. The Kier molecular flexibility index (Phi) is 5.53. The van der Waals surface area contributed by atoms with Crippen molar-refractivity contribution in [2.24, 2.45) is 11.5 Å². The Balaban J connectivity index is 1.60. The molecule has 1 aliphatic carbocycles. The van der Waals surface area contributed by atoms with Gasteiger partial charge >= 0.3 is 0 Å². The van der Waals surface area contributed by atoms with Crippen LogP contribution in [0.1, 0.15) is 36.0 Å². The summed E-state index contributed by atoms with van der Waals surface area (Å²) in [5.41, 5.74) is 11.9. The van der Waals surface area contributed by atoms with E-state index in [1.807, 2.05) is 0 Å². The largest absolute Gasteiger partial charge is 0.365 e. The summed E-state index contributed by atoms with van der Waals surface area (Å²) in [7, 11) is 0. The van der Waals surface area contributed by atoms with Crippen molar-refractivity contribution in [3.05, 3.63) is 48.3 Å². The lowest BCUT2D eigenvalue weighted by atomic mass is 9.91. The molecule has 30 heavy (non-hydrogen) atoms. The number of halogens is 1. The molecule has 4 rings (SSSR count). The van der Waals surface area contributed by atoms with Crippen LogP contribution in [0.15, 0.2) is 36.9 Å². The minimum absolute atomic E-state index is 0.0129. The first kappa shape index (κ1) is 19.7. The van der Waals surface area contributed by atoms with Crippen LogP contribution in [-0.4, -0.2) is 42.7 Å². The average molecular weight is 411 g/mol. The molecule has 1 fully saturated rings. The van der Waals surface area contributed by atoms with Gasteiger partial charge in [-0.2, -0.15) is 5.10 Å². The summed E-state index contributed by atoms with van der Waals surface area (Å²) in [4.78, 5) is 24.5. The number of nitrogens with one attached hydrogen (secondary N) is 2. The highest BCUT2D eigenvalue weighted by Gasteiger charge is 2.24. The first-order valence-corrected chi connectivity index (χ1v) is 9.63. The van der Waals surface area contributed by atoms with E-state index in [0.717, 1.165) is 31.7 Å². The summed E-state index contributed by atoms with van der Waals surface area (Å²) in [5.74, 6) is -0.983. The predicted molar refractivity (Wildman–Crippen MR) is 109 cm³/mol. The number of aromatic nitrogens is 5. The van der Waals surface area contributed by atoms with E-state index in [-0.39, 0.29) is 29.3 Å². The zero-order valence-corrected chi connectivity index (χ0v) is 16.1. The van der Waals surface area contributed by atoms with Gasteiger partial charge in [-0.1, -0.05) is 12.8 Å². The molecule has 3 aromatic heterocycles. The van der Waals surface area contributed by atoms with Crippen molar-refractivity contribution in [2.45, 2.75) is 37.8 Å². The van der Waals surface area contributed by atoms with Gasteiger partial charge in [-0.05, 0) is 25.0 Å². The first-order valence-electron chi connectivity index (χ1n) is 9.63. The van der Waals surface area contributed by atoms with Gasteiger partial charge in [-0.25, -0.2) is 24.0 Å². The van der Waals surface area contributed by atoms with Crippen LogP contribution >= 0.6 is 0 Å². The van der Waals surface area contributed by atoms with Crippen molar-refractivity contribution < 1.29 is 9.18 Å². The van der Waals surface area contributed by atoms with Gasteiger partial charge in [0.15, 0.2) is 11.6 Å². The SMILES string of the molecule is NC(=O)c1cc(F)c(NC2CCCC[C@@H]2N)nc1Nc1cnc(-n2cccn2)nc1. The molecule has 11 heteroatoms. The van der Waals surface area contributed by atoms with Crippen molar-refractivity contribution in [2.75, 3.05) is 10.6 Å². The van der Waals surface area contributed by atoms with Crippen molar-refractivity contribution in [3.63, 3.8) is 0 Å². The lowest BCUT2D eigenvalue weighted by Crippen LogP contribution is -2.43. The molecule has 0 aliphatic heterocycles. The summed E-state index contributed by atoms with van der Waals surface area (Å²) in [6, 6.07) is 2.64. The lowest BCUT2D eigenvalue weighted by Gasteiger charge is -2.30. The normalized spacial score (nSPS) is 18.7. The Morgan fingerprint density at radius 1 is 1.20 bits per heavy atom. The molecule has 0 bridgehead atoms. The van der Waals surface area contributed by atoms with Crippen LogP contribution in [0.4, 0.5) is 21.7 Å². The van der Waals surface area contributed by atoms with Crippen molar-refractivity contribution in [3.8, 4) is 5.95 Å². The highest BCUT2D eigenvalue weighted by Crippen LogP contribution is 2.26. The summed E-state index contributed by atoms with van der Waals surface area (Å²) in [6.07, 6.45) is 10.1. The smallest absolute Gasteiger partial charge is 0.252 e. The Hall–Kier alpha value is -3.60. The van der Waals surface area contributed by atoms with Crippen LogP contribution in [-0.2, 0) is 0 Å². The number of rotatable bonds is 6. The van der Waals surface area contributed by atoms with E-state index >= 15 is 0 Å². The number of pyridine rings is 1. The van der Waals surface area contributed by atoms with E-state index < -0.39 is 11.7 Å². The van der Waals surface area contributed by atoms with E-state index in [0.29, 0.717) is 11.6 Å². The zero-order chi connectivity index (χ0) is 21.1. The third-order valence-electron chi connectivity index (χ3n) is 4.99. The van der Waals surface area contributed by atoms with Gasteiger partial charge in [0.1, 0.15) is 5.82 Å². The van der Waals surface area contributed by atoms with E-state index in [4.69, 9.17) is 11.5 Å². The van der Waals surface area contributed by atoms with Gasteiger partial charge in [0.05, 0.1) is 23.6 Å². The number of carbonyl (C=O) groups excluding carboxylic acids is 1. The Morgan fingerprint density at radius 2 is 1.97 bits per heavy atom. The van der Waals surface area contributed by atoms with Crippen molar-refractivity contribution >= 4 is 23.2 Å². The molecule has 1 amide bonds. The second-order valence-corrected chi connectivity index (χ2v) is 7.13. The van der Waals surface area contributed by atoms with Gasteiger partial charge in [0.25, 0.3) is 11.9 Å². The van der Waals surface area contributed by atoms with Crippen LogP contribution in [0.2, 0.25) is 0 Å². The molecule has 0 spiro atoms. The highest BCUT2D eigenvalue weighted by molar-refractivity contribution is 5.98. The van der Waals surface area contributed by atoms with Crippen molar-refractivity contribution in [1.29, 1.82) is 0 Å². The first-order chi connectivity index (χ1) is 14.5.